The number of rotatable bonds is 7. The summed E-state index contributed by atoms with van der Waals surface area (Å²) in [7, 11) is 1.62. The van der Waals surface area contributed by atoms with Gasteiger partial charge in [-0.05, 0) is 32.6 Å². The Bertz CT molecular complexity index is 795. The zero-order valence-electron chi connectivity index (χ0n) is 15.0. The van der Waals surface area contributed by atoms with Crippen molar-refractivity contribution >= 4 is 17.6 Å². The average molecular weight is 361 g/mol. The predicted molar refractivity (Wildman–Crippen MR) is 93.2 cm³/mol. The molecule has 9 heteroatoms. The molecule has 0 atom stereocenters. The molecule has 0 radical (unpaired) electrons. The monoisotopic (exact) mass is 361 g/mol. The lowest BCUT2D eigenvalue weighted by molar-refractivity contribution is 0.0942. The molecule has 26 heavy (non-hydrogen) atoms. The van der Waals surface area contributed by atoms with Gasteiger partial charge >= 0.3 is 0 Å². The van der Waals surface area contributed by atoms with Crippen molar-refractivity contribution in [1.82, 2.24) is 20.0 Å². The Kier molecular flexibility index (Phi) is 5.67. The van der Waals surface area contributed by atoms with E-state index in [-0.39, 0.29) is 11.7 Å². The lowest BCUT2D eigenvalue weighted by atomic mass is 10.1. The third-order valence-electron chi connectivity index (χ3n) is 4.22. The van der Waals surface area contributed by atoms with Crippen molar-refractivity contribution in [2.24, 2.45) is 0 Å². The van der Waals surface area contributed by atoms with Crippen molar-refractivity contribution in [2.75, 3.05) is 25.6 Å². The van der Waals surface area contributed by atoms with E-state index in [0.717, 1.165) is 31.4 Å². The SMILES string of the molecule is COCCCNC(=O)c1nc(C(=O)Nc2cc(C)on2)n2c1CCCC2. The maximum Gasteiger partial charge on any atom is 0.292 e. The number of fused-ring (bicyclic) bond motifs is 1. The molecule has 0 aromatic carbocycles. The van der Waals surface area contributed by atoms with Crippen LogP contribution in [-0.2, 0) is 17.7 Å². The zero-order valence-corrected chi connectivity index (χ0v) is 15.0. The van der Waals surface area contributed by atoms with E-state index in [0.29, 0.717) is 37.0 Å². The highest BCUT2D eigenvalue weighted by molar-refractivity contribution is 6.03. The molecule has 3 rings (SSSR count). The number of carbonyl (C=O) groups excluding carboxylic acids is 2. The minimum atomic E-state index is -0.403. The topological polar surface area (TPSA) is 111 Å². The number of methoxy groups -OCH3 is 1. The van der Waals surface area contributed by atoms with Gasteiger partial charge in [0.05, 0.1) is 5.69 Å². The summed E-state index contributed by atoms with van der Waals surface area (Å²) in [6.45, 7) is 3.48. The van der Waals surface area contributed by atoms with Crippen molar-refractivity contribution in [1.29, 1.82) is 0 Å². The van der Waals surface area contributed by atoms with Gasteiger partial charge in [-0.15, -0.1) is 0 Å². The highest BCUT2D eigenvalue weighted by Crippen LogP contribution is 2.22. The van der Waals surface area contributed by atoms with Gasteiger partial charge in [-0.2, -0.15) is 0 Å². The number of carbonyl (C=O) groups is 2. The number of aromatic nitrogens is 3. The van der Waals surface area contributed by atoms with Crippen LogP contribution in [0.3, 0.4) is 0 Å². The molecule has 0 fully saturated rings. The summed E-state index contributed by atoms with van der Waals surface area (Å²) in [4.78, 5) is 29.4. The van der Waals surface area contributed by atoms with E-state index in [9.17, 15) is 9.59 Å². The summed E-state index contributed by atoms with van der Waals surface area (Å²) in [6, 6.07) is 1.63. The number of hydrogen-bond acceptors (Lipinski definition) is 6. The first-order chi connectivity index (χ1) is 12.6. The third-order valence-corrected chi connectivity index (χ3v) is 4.22. The Balaban J connectivity index is 1.78. The molecular formula is C17H23N5O4. The minimum Gasteiger partial charge on any atom is -0.385 e. The van der Waals surface area contributed by atoms with E-state index >= 15 is 0 Å². The summed E-state index contributed by atoms with van der Waals surface area (Å²) in [5.74, 6) is 0.484. The summed E-state index contributed by atoms with van der Waals surface area (Å²) in [6.07, 6.45) is 3.36. The number of nitrogens with one attached hydrogen (secondary N) is 2. The molecule has 0 bridgehead atoms. The Morgan fingerprint density at radius 1 is 1.35 bits per heavy atom. The van der Waals surface area contributed by atoms with Gasteiger partial charge < -0.3 is 24.5 Å². The van der Waals surface area contributed by atoms with Gasteiger partial charge in [-0.25, -0.2) is 4.98 Å². The van der Waals surface area contributed by atoms with Crippen LogP contribution < -0.4 is 10.6 Å². The molecular weight excluding hydrogens is 338 g/mol. The van der Waals surface area contributed by atoms with Crippen molar-refractivity contribution in [3.63, 3.8) is 0 Å². The third kappa shape index (κ3) is 3.93. The number of anilines is 1. The number of ether oxygens (including phenoxy) is 1. The first-order valence-electron chi connectivity index (χ1n) is 8.71. The molecule has 1 aliphatic heterocycles. The fraction of sp³-hybridized carbons (Fsp3) is 0.529. The van der Waals surface area contributed by atoms with Crippen LogP contribution in [0.2, 0.25) is 0 Å². The smallest absolute Gasteiger partial charge is 0.292 e. The summed E-state index contributed by atoms with van der Waals surface area (Å²) in [5.41, 5.74) is 1.13. The van der Waals surface area contributed by atoms with Crippen LogP contribution in [0.1, 0.15) is 51.8 Å². The van der Waals surface area contributed by atoms with Crippen molar-refractivity contribution in [3.8, 4) is 0 Å². The Labute approximate surface area is 151 Å². The molecule has 2 amide bonds. The average Bonchev–Trinajstić information content (AvgIpc) is 3.22. The van der Waals surface area contributed by atoms with E-state index in [1.54, 1.807) is 20.1 Å². The maximum absolute atomic E-state index is 12.6. The van der Waals surface area contributed by atoms with Crippen LogP contribution in [0.15, 0.2) is 10.6 Å². The van der Waals surface area contributed by atoms with Gasteiger partial charge in [0, 0.05) is 32.9 Å². The Morgan fingerprint density at radius 3 is 2.92 bits per heavy atom. The van der Waals surface area contributed by atoms with Crippen molar-refractivity contribution in [3.05, 3.63) is 29.0 Å². The maximum atomic E-state index is 12.6. The molecule has 0 saturated carbocycles. The van der Waals surface area contributed by atoms with Crippen LogP contribution in [0, 0.1) is 6.92 Å². The Hall–Kier alpha value is -2.68. The molecule has 2 N–H and O–H groups in total. The van der Waals surface area contributed by atoms with Crippen molar-refractivity contribution < 1.29 is 18.8 Å². The summed E-state index contributed by atoms with van der Waals surface area (Å²) < 4.78 is 11.8. The van der Waals surface area contributed by atoms with E-state index in [1.807, 2.05) is 4.57 Å². The van der Waals surface area contributed by atoms with E-state index in [4.69, 9.17) is 9.26 Å². The molecule has 9 nitrogen and oxygen atoms in total. The highest BCUT2D eigenvalue weighted by atomic mass is 16.5. The standard InChI is InChI=1S/C17H23N5O4/c1-11-10-13(21-26-11)19-17(24)15-20-14(12-6-3-4-8-22(12)15)16(23)18-7-5-9-25-2/h10H,3-9H2,1-2H3,(H,18,23)(H,19,21,24). The first kappa shape index (κ1) is 18.1. The van der Waals surface area contributed by atoms with Crippen LogP contribution in [0.4, 0.5) is 5.82 Å². The molecule has 0 aliphatic carbocycles. The highest BCUT2D eigenvalue weighted by Gasteiger charge is 2.27. The van der Waals surface area contributed by atoms with Crippen LogP contribution in [0.5, 0.6) is 0 Å². The second-order valence-corrected chi connectivity index (χ2v) is 6.22. The summed E-state index contributed by atoms with van der Waals surface area (Å²) >= 11 is 0. The second kappa shape index (κ2) is 8.13. The normalized spacial score (nSPS) is 13.3. The number of aryl methyl sites for hydroxylation is 1. The molecule has 0 unspecified atom stereocenters. The van der Waals surface area contributed by atoms with Gasteiger partial charge in [0.2, 0.25) is 0 Å². The van der Waals surface area contributed by atoms with Gasteiger partial charge in [0.15, 0.2) is 11.6 Å². The fourth-order valence-electron chi connectivity index (χ4n) is 3.00. The number of nitrogens with zero attached hydrogens (tertiary/aromatic N) is 3. The van der Waals surface area contributed by atoms with Crippen LogP contribution in [-0.4, -0.2) is 46.8 Å². The lowest BCUT2D eigenvalue weighted by Crippen LogP contribution is -2.27. The molecule has 1 aliphatic rings. The van der Waals surface area contributed by atoms with E-state index in [1.165, 1.54) is 0 Å². The molecule has 140 valence electrons. The van der Waals surface area contributed by atoms with E-state index < -0.39 is 5.91 Å². The number of imidazole rings is 1. The number of hydrogen-bond donors (Lipinski definition) is 2. The van der Waals surface area contributed by atoms with Gasteiger partial charge in [-0.1, -0.05) is 5.16 Å². The molecule has 0 spiro atoms. The molecule has 2 aromatic rings. The van der Waals surface area contributed by atoms with Crippen LogP contribution >= 0.6 is 0 Å². The quantitative estimate of drug-likeness (QED) is 0.724. The Morgan fingerprint density at radius 2 is 2.19 bits per heavy atom. The molecule has 3 heterocycles. The largest absolute Gasteiger partial charge is 0.385 e. The zero-order chi connectivity index (χ0) is 18.5. The summed E-state index contributed by atoms with van der Waals surface area (Å²) in [5, 5.41) is 9.26. The first-order valence-corrected chi connectivity index (χ1v) is 8.71. The molecule has 2 aromatic heterocycles. The minimum absolute atomic E-state index is 0.224. The van der Waals surface area contributed by atoms with E-state index in [2.05, 4.69) is 20.8 Å². The van der Waals surface area contributed by atoms with Crippen LogP contribution in [0.25, 0.3) is 0 Å². The lowest BCUT2D eigenvalue weighted by Gasteiger charge is -2.16. The molecule has 0 saturated heterocycles. The van der Waals surface area contributed by atoms with Crippen molar-refractivity contribution in [2.45, 2.75) is 39.2 Å². The predicted octanol–water partition coefficient (Wildman–Crippen LogP) is 1.53. The van der Waals surface area contributed by atoms with Gasteiger partial charge in [-0.3, -0.25) is 9.59 Å². The second-order valence-electron chi connectivity index (χ2n) is 6.22. The fourth-order valence-corrected chi connectivity index (χ4v) is 3.00. The number of amides is 2. The van der Waals surface area contributed by atoms with Gasteiger partial charge in [0.25, 0.3) is 11.8 Å². The van der Waals surface area contributed by atoms with Gasteiger partial charge in [0.1, 0.15) is 11.5 Å².